The summed E-state index contributed by atoms with van der Waals surface area (Å²) in [7, 11) is 0. The van der Waals surface area contributed by atoms with Crippen molar-refractivity contribution in [3.05, 3.63) is 60.2 Å². The monoisotopic (exact) mass is 397 g/mol. The second-order valence-corrected chi connectivity index (χ2v) is 8.14. The SMILES string of the molecule is CC(C)NC(=O)CSc1ccccc1C(=O)N1CCN(c2ccccc2)CC1. The van der Waals surface area contributed by atoms with Crippen LogP contribution in [0, 0.1) is 0 Å². The van der Waals surface area contributed by atoms with Crippen LogP contribution in [0.15, 0.2) is 59.5 Å². The third-order valence-corrected chi connectivity index (χ3v) is 5.69. The Kier molecular flexibility index (Phi) is 6.98. The maximum atomic E-state index is 13.1. The van der Waals surface area contributed by atoms with Gasteiger partial charge in [-0.1, -0.05) is 30.3 Å². The summed E-state index contributed by atoms with van der Waals surface area (Å²) in [4.78, 5) is 30.1. The molecule has 2 aromatic rings. The van der Waals surface area contributed by atoms with Gasteiger partial charge in [0.25, 0.3) is 5.91 Å². The quantitative estimate of drug-likeness (QED) is 0.760. The number of para-hydroxylation sites is 1. The van der Waals surface area contributed by atoms with Gasteiger partial charge in [-0.25, -0.2) is 0 Å². The normalized spacial score (nSPS) is 14.2. The van der Waals surface area contributed by atoms with Crippen molar-refractivity contribution >= 4 is 29.3 Å². The summed E-state index contributed by atoms with van der Waals surface area (Å²) in [6, 6.07) is 18.0. The summed E-state index contributed by atoms with van der Waals surface area (Å²) >= 11 is 1.42. The van der Waals surface area contributed by atoms with Crippen molar-refractivity contribution in [2.24, 2.45) is 0 Å². The molecule has 5 nitrogen and oxygen atoms in total. The van der Waals surface area contributed by atoms with Crippen LogP contribution >= 0.6 is 11.8 Å². The number of amides is 2. The van der Waals surface area contributed by atoms with Gasteiger partial charge in [-0.3, -0.25) is 9.59 Å². The molecule has 0 bridgehead atoms. The van der Waals surface area contributed by atoms with Gasteiger partial charge in [-0.05, 0) is 38.1 Å². The molecule has 0 aliphatic carbocycles. The molecule has 6 heteroatoms. The molecule has 1 aliphatic heterocycles. The number of rotatable bonds is 6. The predicted molar refractivity (Wildman–Crippen MR) is 115 cm³/mol. The molecule has 1 heterocycles. The van der Waals surface area contributed by atoms with E-state index in [9.17, 15) is 9.59 Å². The third kappa shape index (κ3) is 5.29. The van der Waals surface area contributed by atoms with Gasteiger partial charge in [0.1, 0.15) is 0 Å². The minimum atomic E-state index is -0.0151. The van der Waals surface area contributed by atoms with E-state index in [1.165, 1.54) is 17.4 Å². The molecule has 0 radical (unpaired) electrons. The molecule has 1 N–H and O–H groups in total. The lowest BCUT2D eigenvalue weighted by Crippen LogP contribution is -2.48. The highest BCUT2D eigenvalue weighted by Crippen LogP contribution is 2.25. The molecule has 3 rings (SSSR count). The number of carbonyl (C=O) groups excluding carboxylic acids is 2. The highest BCUT2D eigenvalue weighted by molar-refractivity contribution is 8.00. The van der Waals surface area contributed by atoms with Crippen LogP contribution < -0.4 is 10.2 Å². The fraction of sp³-hybridized carbons (Fsp3) is 0.364. The molecule has 148 valence electrons. The maximum Gasteiger partial charge on any atom is 0.255 e. The second-order valence-electron chi connectivity index (χ2n) is 7.12. The van der Waals surface area contributed by atoms with Crippen molar-refractivity contribution in [2.75, 3.05) is 36.8 Å². The summed E-state index contributed by atoms with van der Waals surface area (Å²) in [6.45, 7) is 6.91. The van der Waals surface area contributed by atoms with E-state index in [0.717, 1.165) is 18.0 Å². The van der Waals surface area contributed by atoms with E-state index < -0.39 is 0 Å². The molecule has 0 spiro atoms. The van der Waals surface area contributed by atoms with Gasteiger partial charge in [-0.15, -0.1) is 11.8 Å². The van der Waals surface area contributed by atoms with Crippen molar-refractivity contribution in [3.8, 4) is 0 Å². The lowest BCUT2D eigenvalue weighted by molar-refractivity contribution is -0.119. The van der Waals surface area contributed by atoms with Crippen molar-refractivity contribution in [2.45, 2.75) is 24.8 Å². The molecule has 0 unspecified atom stereocenters. The van der Waals surface area contributed by atoms with E-state index in [4.69, 9.17) is 0 Å². The first-order valence-electron chi connectivity index (χ1n) is 9.65. The first kappa shape index (κ1) is 20.3. The molecule has 1 saturated heterocycles. The first-order valence-corrected chi connectivity index (χ1v) is 10.6. The molecule has 1 aliphatic rings. The zero-order valence-corrected chi connectivity index (χ0v) is 17.2. The zero-order chi connectivity index (χ0) is 19.9. The molecule has 2 amide bonds. The highest BCUT2D eigenvalue weighted by atomic mass is 32.2. The summed E-state index contributed by atoms with van der Waals surface area (Å²) in [6.07, 6.45) is 0. The Morgan fingerprint density at radius 1 is 0.964 bits per heavy atom. The topological polar surface area (TPSA) is 52.7 Å². The van der Waals surface area contributed by atoms with Gasteiger partial charge in [0.15, 0.2) is 0 Å². The summed E-state index contributed by atoms with van der Waals surface area (Å²) < 4.78 is 0. The van der Waals surface area contributed by atoms with Crippen LogP contribution in [-0.2, 0) is 4.79 Å². The van der Waals surface area contributed by atoms with E-state index in [1.54, 1.807) is 0 Å². The van der Waals surface area contributed by atoms with Crippen molar-refractivity contribution < 1.29 is 9.59 Å². The van der Waals surface area contributed by atoms with Crippen LogP contribution in [0.2, 0.25) is 0 Å². The Labute approximate surface area is 171 Å². The van der Waals surface area contributed by atoms with Crippen LogP contribution in [-0.4, -0.2) is 54.7 Å². The van der Waals surface area contributed by atoms with Crippen molar-refractivity contribution in [1.29, 1.82) is 0 Å². The minimum absolute atomic E-state index is 0.0151. The standard InChI is InChI=1S/C22H27N3O2S/c1-17(2)23-21(26)16-28-20-11-7-6-10-19(20)22(27)25-14-12-24(13-15-25)18-8-4-3-5-9-18/h3-11,17H,12-16H2,1-2H3,(H,23,26). The lowest BCUT2D eigenvalue weighted by Gasteiger charge is -2.36. The number of hydrogen-bond donors (Lipinski definition) is 1. The zero-order valence-electron chi connectivity index (χ0n) is 16.4. The number of anilines is 1. The number of hydrogen-bond acceptors (Lipinski definition) is 4. The van der Waals surface area contributed by atoms with Gasteiger partial charge >= 0.3 is 0 Å². The number of nitrogens with zero attached hydrogens (tertiary/aromatic N) is 2. The summed E-state index contributed by atoms with van der Waals surface area (Å²) in [5, 5.41) is 2.88. The van der Waals surface area contributed by atoms with E-state index in [1.807, 2.05) is 61.2 Å². The molecular formula is C22H27N3O2S. The Morgan fingerprint density at radius 3 is 2.29 bits per heavy atom. The number of carbonyl (C=O) groups is 2. The highest BCUT2D eigenvalue weighted by Gasteiger charge is 2.24. The number of piperazine rings is 1. The predicted octanol–water partition coefficient (Wildman–Crippen LogP) is 3.27. The minimum Gasteiger partial charge on any atom is -0.368 e. The molecule has 0 aromatic heterocycles. The average molecular weight is 398 g/mol. The third-order valence-electron chi connectivity index (χ3n) is 4.61. The van der Waals surface area contributed by atoms with Crippen LogP contribution in [0.25, 0.3) is 0 Å². The molecular weight excluding hydrogens is 370 g/mol. The molecule has 1 fully saturated rings. The summed E-state index contributed by atoms with van der Waals surface area (Å²) in [5.41, 5.74) is 1.87. The first-order chi connectivity index (χ1) is 13.5. The fourth-order valence-electron chi connectivity index (χ4n) is 3.25. The molecule has 28 heavy (non-hydrogen) atoms. The van der Waals surface area contributed by atoms with Crippen LogP contribution in [0.3, 0.4) is 0 Å². The van der Waals surface area contributed by atoms with Crippen molar-refractivity contribution in [3.63, 3.8) is 0 Å². The van der Waals surface area contributed by atoms with E-state index in [-0.39, 0.29) is 17.9 Å². The molecule has 0 atom stereocenters. The van der Waals surface area contributed by atoms with Crippen LogP contribution in [0.4, 0.5) is 5.69 Å². The van der Waals surface area contributed by atoms with Crippen LogP contribution in [0.5, 0.6) is 0 Å². The Morgan fingerprint density at radius 2 is 1.61 bits per heavy atom. The smallest absolute Gasteiger partial charge is 0.255 e. The Balaban J connectivity index is 1.61. The number of nitrogens with one attached hydrogen (secondary N) is 1. The van der Waals surface area contributed by atoms with Gasteiger partial charge in [0, 0.05) is 42.8 Å². The fourth-order valence-corrected chi connectivity index (χ4v) is 4.11. The molecule has 2 aromatic carbocycles. The Bertz CT molecular complexity index is 802. The largest absolute Gasteiger partial charge is 0.368 e. The van der Waals surface area contributed by atoms with E-state index in [2.05, 4.69) is 22.3 Å². The van der Waals surface area contributed by atoms with Gasteiger partial charge in [0.05, 0.1) is 11.3 Å². The average Bonchev–Trinajstić information content (AvgIpc) is 2.72. The second kappa shape index (κ2) is 9.64. The lowest BCUT2D eigenvalue weighted by atomic mass is 10.1. The van der Waals surface area contributed by atoms with Crippen LogP contribution in [0.1, 0.15) is 24.2 Å². The van der Waals surface area contributed by atoms with E-state index >= 15 is 0 Å². The van der Waals surface area contributed by atoms with Crippen molar-refractivity contribution in [1.82, 2.24) is 10.2 Å². The number of benzene rings is 2. The number of thioether (sulfide) groups is 1. The summed E-state index contributed by atoms with van der Waals surface area (Å²) in [5.74, 6) is 0.336. The van der Waals surface area contributed by atoms with Gasteiger partial charge in [0.2, 0.25) is 5.91 Å². The Hall–Kier alpha value is -2.47. The molecule has 0 saturated carbocycles. The maximum absolute atomic E-state index is 13.1. The van der Waals surface area contributed by atoms with E-state index in [0.29, 0.717) is 24.4 Å². The van der Waals surface area contributed by atoms with Gasteiger partial charge < -0.3 is 15.1 Å². The van der Waals surface area contributed by atoms with Gasteiger partial charge in [-0.2, -0.15) is 0 Å².